The first kappa shape index (κ1) is 14.4. The minimum atomic E-state index is -0.0231. The lowest BCUT2D eigenvalue weighted by Gasteiger charge is -2.31. The fourth-order valence-electron chi connectivity index (χ4n) is 1.38. The second-order valence-corrected chi connectivity index (χ2v) is 5.24. The van der Waals surface area contributed by atoms with Crippen LogP contribution < -0.4 is 5.32 Å². The predicted molar refractivity (Wildman–Crippen MR) is 61.6 cm³/mol. The summed E-state index contributed by atoms with van der Waals surface area (Å²) in [6.45, 7) is 6.66. The van der Waals surface area contributed by atoms with Gasteiger partial charge in [-0.3, -0.25) is 4.79 Å². The molecule has 2 N–H and O–H groups in total. The van der Waals surface area contributed by atoms with Gasteiger partial charge in [-0.05, 0) is 25.9 Å². The third-order valence-electron chi connectivity index (χ3n) is 2.26. The average molecular weight is 216 g/mol. The number of likely N-dealkylation sites (N-methyl/N-ethyl adjacent to an activating group) is 1. The summed E-state index contributed by atoms with van der Waals surface area (Å²) >= 11 is 0. The van der Waals surface area contributed by atoms with E-state index < -0.39 is 0 Å². The Kier molecular flexibility index (Phi) is 5.83. The summed E-state index contributed by atoms with van der Waals surface area (Å²) in [6, 6.07) is 0.0231. The van der Waals surface area contributed by atoms with Crippen LogP contribution in [0.2, 0.25) is 0 Å². The van der Waals surface area contributed by atoms with E-state index in [2.05, 4.69) is 26.1 Å². The Morgan fingerprint density at radius 3 is 2.27 bits per heavy atom. The number of aliphatic hydroxyl groups excluding tert-OH is 1. The van der Waals surface area contributed by atoms with Crippen LogP contribution in [0.25, 0.3) is 0 Å². The van der Waals surface area contributed by atoms with Crippen molar-refractivity contribution in [3.8, 4) is 0 Å². The molecule has 0 aliphatic carbocycles. The van der Waals surface area contributed by atoms with E-state index in [0.717, 1.165) is 0 Å². The summed E-state index contributed by atoms with van der Waals surface area (Å²) in [6.07, 6.45) is 0.600. The van der Waals surface area contributed by atoms with Crippen LogP contribution >= 0.6 is 0 Å². The molecule has 0 saturated heterocycles. The molecule has 15 heavy (non-hydrogen) atoms. The summed E-state index contributed by atoms with van der Waals surface area (Å²) in [5, 5.41) is 11.9. The number of hydrogen-bond acceptors (Lipinski definition) is 3. The summed E-state index contributed by atoms with van der Waals surface area (Å²) < 4.78 is 0. The fraction of sp³-hybridized carbons (Fsp3) is 0.909. The van der Waals surface area contributed by atoms with E-state index in [1.54, 1.807) is 0 Å². The van der Waals surface area contributed by atoms with E-state index in [0.29, 0.717) is 13.0 Å². The Hall–Kier alpha value is -0.610. The number of nitrogens with one attached hydrogen (secondary N) is 1. The van der Waals surface area contributed by atoms with Gasteiger partial charge < -0.3 is 15.3 Å². The molecule has 0 aliphatic rings. The van der Waals surface area contributed by atoms with Gasteiger partial charge in [-0.25, -0.2) is 0 Å². The first-order valence-corrected chi connectivity index (χ1v) is 5.32. The van der Waals surface area contributed by atoms with Crippen LogP contribution in [-0.4, -0.2) is 49.2 Å². The fourth-order valence-corrected chi connectivity index (χ4v) is 1.38. The zero-order chi connectivity index (χ0) is 12.1. The number of amides is 1. The van der Waals surface area contributed by atoms with E-state index in [-0.39, 0.29) is 24.0 Å². The van der Waals surface area contributed by atoms with Crippen molar-refractivity contribution in [1.82, 2.24) is 10.2 Å². The molecule has 0 aliphatic heterocycles. The molecule has 0 bridgehead atoms. The largest absolute Gasteiger partial charge is 0.396 e. The van der Waals surface area contributed by atoms with Crippen LogP contribution in [0, 0.1) is 5.41 Å². The van der Waals surface area contributed by atoms with Crippen LogP contribution in [-0.2, 0) is 4.79 Å². The highest BCUT2D eigenvalue weighted by Crippen LogP contribution is 2.21. The van der Waals surface area contributed by atoms with Crippen molar-refractivity contribution in [3.05, 3.63) is 0 Å². The molecule has 4 nitrogen and oxygen atoms in total. The Morgan fingerprint density at radius 2 is 1.93 bits per heavy atom. The van der Waals surface area contributed by atoms with Gasteiger partial charge in [-0.2, -0.15) is 0 Å². The highest BCUT2D eigenvalue weighted by Gasteiger charge is 2.25. The first-order valence-electron chi connectivity index (χ1n) is 5.32. The number of nitrogens with zero attached hydrogens (tertiary/aromatic N) is 1. The Bertz CT molecular complexity index is 197. The Morgan fingerprint density at radius 1 is 1.40 bits per heavy atom. The average Bonchev–Trinajstić information content (AvgIpc) is 2.00. The molecule has 0 aromatic carbocycles. The number of hydrogen-bond donors (Lipinski definition) is 2. The lowest BCUT2D eigenvalue weighted by atomic mass is 9.85. The molecule has 0 heterocycles. The highest BCUT2D eigenvalue weighted by molar-refractivity contribution is 5.78. The normalized spacial score (nSPS) is 14.1. The number of carbonyl (C=O) groups excluding carboxylic acids is 1. The van der Waals surface area contributed by atoms with E-state index in [4.69, 9.17) is 5.11 Å². The second kappa shape index (κ2) is 6.08. The maximum absolute atomic E-state index is 11.6. The molecule has 0 saturated carbocycles. The van der Waals surface area contributed by atoms with Crippen LogP contribution in [0.1, 0.15) is 27.2 Å². The lowest BCUT2D eigenvalue weighted by Crippen LogP contribution is -2.47. The SMILES string of the molecule is CN(C)CC(=O)NC(CCO)C(C)(C)C. The van der Waals surface area contributed by atoms with E-state index >= 15 is 0 Å². The number of carbonyl (C=O) groups is 1. The van der Waals surface area contributed by atoms with Crippen molar-refractivity contribution in [3.63, 3.8) is 0 Å². The predicted octanol–water partition coefficient (Wildman–Crippen LogP) is 0.461. The molecule has 1 unspecified atom stereocenters. The standard InChI is InChI=1S/C11H24N2O2/c1-11(2,3)9(6-7-14)12-10(15)8-13(4)5/h9,14H,6-8H2,1-5H3,(H,12,15). The molecule has 1 amide bonds. The van der Waals surface area contributed by atoms with Crippen LogP contribution in [0.3, 0.4) is 0 Å². The van der Waals surface area contributed by atoms with Crippen molar-refractivity contribution < 1.29 is 9.90 Å². The summed E-state index contributed by atoms with van der Waals surface area (Å²) in [7, 11) is 3.72. The molecule has 0 aromatic rings. The number of rotatable bonds is 5. The molecular formula is C11H24N2O2. The van der Waals surface area contributed by atoms with Gasteiger partial charge in [0.1, 0.15) is 0 Å². The van der Waals surface area contributed by atoms with Gasteiger partial charge in [0.25, 0.3) is 0 Å². The van der Waals surface area contributed by atoms with Crippen LogP contribution in [0.5, 0.6) is 0 Å². The third-order valence-corrected chi connectivity index (χ3v) is 2.26. The molecular weight excluding hydrogens is 192 g/mol. The van der Waals surface area contributed by atoms with Gasteiger partial charge in [-0.1, -0.05) is 20.8 Å². The summed E-state index contributed by atoms with van der Waals surface area (Å²) in [4.78, 5) is 13.4. The molecule has 0 radical (unpaired) electrons. The quantitative estimate of drug-likeness (QED) is 0.702. The van der Waals surface area contributed by atoms with E-state index in [1.807, 2.05) is 19.0 Å². The van der Waals surface area contributed by atoms with Gasteiger partial charge in [0.05, 0.1) is 6.54 Å². The maximum Gasteiger partial charge on any atom is 0.234 e. The molecule has 0 spiro atoms. The topological polar surface area (TPSA) is 52.6 Å². The molecule has 0 fully saturated rings. The zero-order valence-electron chi connectivity index (χ0n) is 10.5. The maximum atomic E-state index is 11.6. The summed E-state index contributed by atoms with van der Waals surface area (Å²) in [5.74, 6) is 0.00775. The van der Waals surface area contributed by atoms with Crippen molar-refractivity contribution in [2.75, 3.05) is 27.2 Å². The van der Waals surface area contributed by atoms with Gasteiger partial charge in [-0.15, -0.1) is 0 Å². The zero-order valence-corrected chi connectivity index (χ0v) is 10.5. The second-order valence-electron chi connectivity index (χ2n) is 5.24. The van der Waals surface area contributed by atoms with Crippen molar-refractivity contribution in [2.24, 2.45) is 5.41 Å². The first-order chi connectivity index (χ1) is 6.77. The minimum absolute atomic E-state index is 0.00775. The monoisotopic (exact) mass is 216 g/mol. The van der Waals surface area contributed by atoms with Gasteiger partial charge >= 0.3 is 0 Å². The molecule has 90 valence electrons. The Labute approximate surface area is 92.7 Å². The van der Waals surface area contributed by atoms with Crippen LogP contribution in [0.4, 0.5) is 0 Å². The van der Waals surface area contributed by atoms with E-state index in [9.17, 15) is 4.79 Å². The van der Waals surface area contributed by atoms with Crippen molar-refractivity contribution in [1.29, 1.82) is 0 Å². The summed E-state index contributed by atoms with van der Waals surface area (Å²) in [5.41, 5.74) is -0.0231. The highest BCUT2D eigenvalue weighted by atomic mass is 16.3. The number of aliphatic hydroxyl groups is 1. The van der Waals surface area contributed by atoms with Gasteiger partial charge in [0.15, 0.2) is 0 Å². The van der Waals surface area contributed by atoms with Gasteiger partial charge in [0, 0.05) is 12.6 Å². The molecule has 4 heteroatoms. The van der Waals surface area contributed by atoms with Crippen molar-refractivity contribution >= 4 is 5.91 Å². The molecule has 1 atom stereocenters. The minimum Gasteiger partial charge on any atom is -0.396 e. The van der Waals surface area contributed by atoms with E-state index in [1.165, 1.54) is 0 Å². The van der Waals surface area contributed by atoms with Crippen molar-refractivity contribution in [2.45, 2.75) is 33.2 Å². The molecule has 0 rings (SSSR count). The van der Waals surface area contributed by atoms with Gasteiger partial charge in [0.2, 0.25) is 5.91 Å². The molecule has 0 aromatic heterocycles. The Balaban J connectivity index is 4.23. The van der Waals surface area contributed by atoms with Crippen LogP contribution in [0.15, 0.2) is 0 Å². The third kappa shape index (κ3) is 6.47. The smallest absolute Gasteiger partial charge is 0.234 e. The lowest BCUT2D eigenvalue weighted by molar-refractivity contribution is -0.123.